The molecule has 152 valence electrons. The first-order valence-electron chi connectivity index (χ1n) is 9.66. The number of benzene rings is 1. The maximum atomic E-state index is 5.43. The number of hydrogen-bond donors (Lipinski definition) is 1. The molecule has 2 aliphatic rings. The van der Waals surface area contributed by atoms with Crippen LogP contribution in [-0.2, 0) is 11.3 Å². The second-order valence-electron chi connectivity index (χ2n) is 7.27. The van der Waals surface area contributed by atoms with Gasteiger partial charge < -0.3 is 19.9 Å². The first kappa shape index (κ1) is 22.6. The number of guanidine groups is 1. The van der Waals surface area contributed by atoms with E-state index in [-0.39, 0.29) is 24.0 Å². The quantitative estimate of drug-likeness (QED) is 0.387. The summed E-state index contributed by atoms with van der Waals surface area (Å²) in [5.41, 5.74) is 2.57. The number of nitrogens with zero attached hydrogens (tertiary/aromatic N) is 3. The zero-order valence-electron chi connectivity index (χ0n) is 16.7. The molecule has 0 bridgehead atoms. The number of nitrogens with one attached hydrogen (secondary N) is 1. The van der Waals surface area contributed by atoms with E-state index < -0.39 is 0 Å². The van der Waals surface area contributed by atoms with Gasteiger partial charge in [-0.3, -0.25) is 4.99 Å². The van der Waals surface area contributed by atoms with Gasteiger partial charge in [-0.15, -0.1) is 24.0 Å². The molecule has 5 nitrogen and oxygen atoms in total. The Bertz CT molecular complexity index is 590. The molecule has 2 saturated heterocycles. The molecule has 1 aromatic carbocycles. The molecule has 2 heterocycles. The summed E-state index contributed by atoms with van der Waals surface area (Å²) >= 11 is 2.09. The Morgan fingerprint density at radius 3 is 2.56 bits per heavy atom. The summed E-state index contributed by atoms with van der Waals surface area (Å²) in [6.45, 7) is 11.2. The standard InChI is InChI=1S/C20H32N4OS.HI/c1-16(2)19-15-24(10-13-26-19)20(21-3)22-14-17-4-6-18(7-5-17)23-8-11-25-12-9-23;/h4-7,16,19H,8-15H2,1-3H3,(H,21,22);1H. The van der Waals surface area contributed by atoms with Crippen molar-refractivity contribution >= 4 is 47.4 Å². The Balaban J connectivity index is 0.00000261. The molecular weight excluding hydrogens is 471 g/mol. The van der Waals surface area contributed by atoms with E-state index in [1.807, 2.05) is 7.05 Å². The van der Waals surface area contributed by atoms with E-state index in [1.165, 1.54) is 17.0 Å². The molecule has 7 heteroatoms. The number of halogens is 1. The van der Waals surface area contributed by atoms with Crippen LogP contribution in [0.25, 0.3) is 0 Å². The highest BCUT2D eigenvalue weighted by Gasteiger charge is 2.24. The van der Waals surface area contributed by atoms with E-state index in [0.717, 1.165) is 51.9 Å². The van der Waals surface area contributed by atoms with Crippen LogP contribution >= 0.6 is 35.7 Å². The molecule has 0 aliphatic carbocycles. The van der Waals surface area contributed by atoms with E-state index >= 15 is 0 Å². The van der Waals surface area contributed by atoms with Gasteiger partial charge >= 0.3 is 0 Å². The van der Waals surface area contributed by atoms with Gasteiger partial charge in [-0.2, -0.15) is 11.8 Å². The molecular formula is C20H33IN4OS. The van der Waals surface area contributed by atoms with E-state index in [4.69, 9.17) is 4.74 Å². The van der Waals surface area contributed by atoms with E-state index in [0.29, 0.717) is 11.2 Å². The highest BCUT2D eigenvalue weighted by atomic mass is 127. The van der Waals surface area contributed by atoms with Gasteiger partial charge in [0, 0.05) is 56.5 Å². The maximum Gasteiger partial charge on any atom is 0.193 e. The van der Waals surface area contributed by atoms with Crippen LogP contribution in [0.5, 0.6) is 0 Å². The molecule has 1 unspecified atom stereocenters. The molecule has 0 radical (unpaired) electrons. The van der Waals surface area contributed by atoms with Gasteiger partial charge in [-0.1, -0.05) is 26.0 Å². The van der Waals surface area contributed by atoms with E-state index in [1.54, 1.807) is 0 Å². The Morgan fingerprint density at radius 1 is 1.22 bits per heavy atom. The van der Waals surface area contributed by atoms with Gasteiger partial charge in [0.05, 0.1) is 13.2 Å². The lowest BCUT2D eigenvalue weighted by atomic mass is 10.1. The second-order valence-corrected chi connectivity index (χ2v) is 8.61. The minimum atomic E-state index is 0. The normalized spacial score (nSPS) is 21.2. The maximum absolute atomic E-state index is 5.43. The average Bonchev–Trinajstić information content (AvgIpc) is 2.70. The first-order valence-corrected chi connectivity index (χ1v) is 10.7. The number of rotatable bonds is 4. The zero-order chi connectivity index (χ0) is 18.4. The van der Waals surface area contributed by atoms with Crippen molar-refractivity contribution in [1.82, 2.24) is 10.2 Å². The fourth-order valence-corrected chi connectivity index (χ4v) is 4.73. The summed E-state index contributed by atoms with van der Waals surface area (Å²) in [5, 5.41) is 4.24. The van der Waals surface area contributed by atoms with Crippen molar-refractivity contribution in [3.05, 3.63) is 29.8 Å². The van der Waals surface area contributed by atoms with Crippen LogP contribution in [0.3, 0.4) is 0 Å². The molecule has 2 fully saturated rings. The fourth-order valence-electron chi connectivity index (χ4n) is 3.43. The summed E-state index contributed by atoms with van der Waals surface area (Å²) in [6.07, 6.45) is 0. The molecule has 1 aromatic rings. The van der Waals surface area contributed by atoms with Crippen molar-refractivity contribution in [2.75, 3.05) is 57.1 Å². The zero-order valence-corrected chi connectivity index (χ0v) is 19.8. The Hall–Kier alpha value is -0.670. The number of ether oxygens (including phenoxy) is 1. The lowest BCUT2D eigenvalue weighted by Gasteiger charge is -2.36. The van der Waals surface area contributed by atoms with Crippen molar-refractivity contribution < 1.29 is 4.74 Å². The Kier molecular flexibility index (Phi) is 9.52. The highest BCUT2D eigenvalue weighted by Crippen LogP contribution is 2.25. The minimum Gasteiger partial charge on any atom is -0.378 e. The monoisotopic (exact) mass is 504 g/mol. The molecule has 0 aromatic heterocycles. The number of aliphatic imine (C=N–C) groups is 1. The van der Waals surface area contributed by atoms with Crippen LogP contribution < -0.4 is 10.2 Å². The lowest BCUT2D eigenvalue weighted by molar-refractivity contribution is 0.122. The smallest absolute Gasteiger partial charge is 0.193 e. The average molecular weight is 504 g/mol. The van der Waals surface area contributed by atoms with Gasteiger partial charge in [-0.25, -0.2) is 0 Å². The van der Waals surface area contributed by atoms with Crippen LogP contribution in [0.1, 0.15) is 19.4 Å². The third-order valence-electron chi connectivity index (χ3n) is 5.11. The van der Waals surface area contributed by atoms with Crippen LogP contribution in [-0.4, -0.2) is 68.3 Å². The molecule has 0 spiro atoms. The van der Waals surface area contributed by atoms with E-state index in [9.17, 15) is 0 Å². The Morgan fingerprint density at radius 2 is 1.93 bits per heavy atom. The van der Waals surface area contributed by atoms with Crippen LogP contribution in [0.4, 0.5) is 5.69 Å². The topological polar surface area (TPSA) is 40.1 Å². The number of thioether (sulfide) groups is 1. The summed E-state index contributed by atoms with van der Waals surface area (Å²) < 4.78 is 5.43. The summed E-state index contributed by atoms with van der Waals surface area (Å²) in [4.78, 5) is 9.30. The van der Waals surface area contributed by atoms with Gasteiger partial charge in [-0.05, 0) is 23.6 Å². The minimum absolute atomic E-state index is 0. The van der Waals surface area contributed by atoms with Gasteiger partial charge in [0.15, 0.2) is 5.96 Å². The fraction of sp³-hybridized carbons (Fsp3) is 0.650. The number of hydrogen-bond acceptors (Lipinski definition) is 4. The predicted octanol–water partition coefficient (Wildman–Crippen LogP) is 3.29. The SMILES string of the molecule is CN=C(NCc1ccc(N2CCOCC2)cc1)N1CCSC(C(C)C)C1.I. The van der Waals surface area contributed by atoms with Gasteiger partial charge in [0.25, 0.3) is 0 Å². The van der Waals surface area contributed by atoms with Crippen LogP contribution in [0, 0.1) is 5.92 Å². The number of morpholine rings is 1. The van der Waals surface area contributed by atoms with Crippen molar-refractivity contribution in [2.45, 2.75) is 25.6 Å². The molecule has 3 rings (SSSR count). The van der Waals surface area contributed by atoms with Crippen LogP contribution in [0.2, 0.25) is 0 Å². The molecule has 1 atom stereocenters. The van der Waals surface area contributed by atoms with Gasteiger partial charge in [0.2, 0.25) is 0 Å². The van der Waals surface area contributed by atoms with Crippen LogP contribution in [0.15, 0.2) is 29.3 Å². The van der Waals surface area contributed by atoms with Crippen molar-refractivity contribution in [3.63, 3.8) is 0 Å². The molecule has 2 aliphatic heterocycles. The molecule has 0 saturated carbocycles. The molecule has 1 N–H and O–H groups in total. The second kappa shape index (κ2) is 11.4. The largest absolute Gasteiger partial charge is 0.378 e. The third-order valence-corrected chi connectivity index (χ3v) is 6.65. The first-order chi connectivity index (χ1) is 12.7. The summed E-state index contributed by atoms with van der Waals surface area (Å²) in [5.74, 6) is 2.90. The molecule has 27 heavy (non-hydrogen) atoms. The Labute approximate surface area is 185 Å². The van der Waals surface area contributed by atoms with Crippen molar-refractivity contribution in [3.8, 4) is 0 Å². The third kappa shape index (κ3) is 6.42. The van der Waals surface area contributed by atoms with Crippen molar-refractivity contribution in [1.29, 1.82) is 0 Å². The summed E-state index contributed by atoms with van der Waals surface area (Å²) in [7, 11) is 1.88. The summed E-state index contributed by atoms with van der Waals surface area (Å²) in [6, 6.07) is 8.87. The molecule has 0 amide bonds. The van der Waals surface area contributed by atoms with E-state index in [2.05, 4.69) is 70.0 Å². The lowest BCUT2D eigenvalue weighted by Crippen LogP contribution is -2.48. The number of anilines is 1. The predicted molar refractivity (Wildman–Crippen MR) is 128 cm³/mol. The highest BCUT2D eigenvalue weighted by molar-refractivity contribution is 14.0. The van der Waals surface area contributed by atoms with Crippen molar-refractivity contribution in [2.24, 2.45) is 10.9 Å². The van der Waals surface area contributed by atoms with Gasteiger partial charge in [0.1, 0.15) is 0 Å².